The number of benzene rings is 2. The first-order valence-electron chi connectivity index (χ1n) is 10.4. The van der Waals surface area contributed by atoms with Crippen molar-refractivity contribution in [2.45, 2.75) is 25.6 Å². The molecule has 0 radical (unpaired) electrons. The Kier molecular flexibility index (Phi) is 6.00. The summed E-state index contributed by atoms with van der Waals surface area (Å²) in [4.78, 5) is 28.5. The van der Waals surface area contributed by atoms with Crippen molar-refractivity contribution in [1.29, 1.82) is 0 Å². The first-order valence-corrected chi connectivity index (χ1v) is 10.4. The highest BCUT2D eigenvalue weighted by Gasteiger charge is 2.30. The van der Waals surface area contributed by atoms with Gasteiger partial charge in [-0.1, -0.05) is 12.1 Å². The van der Waals surface area contributed by atoms with E-state index in [2.05, 4.69) is 10.2 Å². The van der Waals surface area contributed by atoms with Crippen LogP contribution < -0.4 is 5.32 Å². The van der Waals surface area contributed by atoms with Crippen LogP contribution in [-0.2, 0) is 17.5 Å². The highest BCUT2D eigenvalue weighted by atomic mass is 19.4. The minimum absolute atomic E-state index is 0.0308. The fourth-order valence-electron chi connectivity index (χ4n) is 3.63. The van der Waals surface area contributed by atoms with Crippen LogP contribution >= 0.6 is 0 Å². The fraction of sp³-hybridized carbons (Fsp3) is 0.391. The number of piperazine rings is 1. The van der Waals surface area contributed by atoms with Crippen molar-refractivity contribution in [3.63, 3.8) is 0 Å². The number of nitrogens with zero attached hydrogens (tertiary/aromatic N) is 2. The lowest BCUT2D eigenvalue weighted by Crippen LogP contribution is -2.48. The Hall–Kier alpha value is -2.87. The summed E-state index contributed by atoms with van der Waals surface area (Å²) in [6, 6.07) is 12.1. The summed E-state index contributed by atoms with van der Waals surface area (Å²) in [6.45, 7) is 2.97. The molecule has 2 amide bonds. The molecule has 2 aromatic carbocycles. The fourth-order valence-corrected chi connectivity index (χ4v) is 3.63. The number of amides is 2. The van der Waals surface area contributed by atoms with Gasteiger partial charge >= 0.3 is 6.18 Å². The lowest BCUT2D eigenvalue weighted by molar-refractivity contribution is -0.137. The standard InChI is InChI=1S/C23H24F3N3O2/c24-23(25,26)19-7-1-16(2-8-19)15-28-11-13-29(14-12-28)22(31)18-5-9-20(10-6-18)27-21(30)17-3-4-17/h1-2,5-10,17H,3-4,11-15H2,(H,27,30). The van der Waals surface area contributed by atoms with E-state index in [0.29, 0.717) is 44.0 Å². The molecule has 1 saturated carbocycles. The van der Waals surface area contributed by atoms with Crippen LogP contribution in [0.1, 0.15) is 34.3 Å². The Bertz CT molecular complexity index is 930. The van der Waals surface area contributed by atoms with Gasteiger partial charge in [-0.05, 0) is 54.8 Å². The maximum atomic E-state index is 12.8. The highest BCUT2D eigenvalue weighted by molar-refractivity contribution is 5.96. The summed E-state index contributed by atoms with van der Waals surface area (Å²) in [5.41, 5.74) is 1.43. The van der Waals surface area contributed by atoms with Gasteiger partial charge in [-0.2, -0.15) is 13.2 Å². The van der Waals surface area contributed by atoms with E-state index in [-0.39, 0.29) is 17.7 Å². The van der Waals surface area contributed by atoms with Gasteiger partial charge in [0.05, 0.1) is 5.56 Å². The van der Waals surface area contributed by atoms with Gasteiger partial charge in [0.2, 0.25) is 5.91 Å². The molecule has 2 fully saturated rings. The number of anilines is 1. The van der Waals surface area contributed by atoms with Crippen LogP contribution in [0.2, 0.25) is 0 Å². The van der Waals surface area contributed by atoms with Crippen molar-refractivity contribution in [3.8, 4) is 0 Å². The van der Waals surface area contributed by atoms with E-state index in [9.17, 15) is 22.8 Å². The van der Waals surface area contributed by atoms with Crippen LogP contribution in [-0.4, -0.2) is 47.8 Å². The second-order valence-corrected chi connectivity index (χ2v) is 8.10. The molecule has 0 bridgehead atoms. The predicted octanol–water partition coefficient (Wildman–Crippen LogP) is 4.01. The average molecular weight is 431 g/mol. The minimum Gasteiger partial charge on any atom is -0.336 e. The van der Waals surface area contributed by atoms with Crippen molar-refractivity contribution in [1.82, 2.24) is 9.80 Å². The molecule has 0 aromatic heterocycles. The number of halogens is 3. The quantitative estimate of drug-likeness (QED) is 0.778. The third-order valence-electron chi connectivity index (χ3n) is 5.69. The van der Waals surface area contributed by atoms with Gasteiger partial charge in [0, 0.05) is 49.9 Å². The van der Waals surface area contributed by atoms with Gasteiger partial charge in [-0.15, -0.1) is 0 Å². The van der Waals surface area contributed by atoms with Crippen LogP contribution in [0, 0.1) is 5.92 Å². The Balaban J connectivity index is 1.27. The summed E-state index contributed by atoms with van der Waals surface area (Å²) in [6.07, 6.45) is -2.45. The first-order chi connectivity index (χ1) is 14.8. The van der Waals surface area contributed by atoms with E-state index in [1.165, 1.54) is 12.1 Å². The van der Waals surface area contributed by atoms with Crippen LogP contribution in [0.4, 0.5) is 18.9 Å². The smallest absolute Gasteiger partial charge is 0.336 e. The molecule has 4 rings (SSSR count). The molecule has 0 spiro atoms. The third-order valence-corrected chi connectivity index (χ3v) is 5.69. The molecular formula is C23H24F3N3O2. The number of hydrogen-bond donors (Lipinski definition) is 1. The average Bonchev–Trinajstić information content (AvgIpc) is 3.60. The van der Waals surface area contributed by atoms with Gasteiger partial charge in [0.15, 0.2) is 0 Å². The number of rotatable bonds is 5. The minimum atomic E-state index is -4.33. The maximum Gasteiger partial charge on any atom is 0.416 e. The van der Waals surface area contributed by atoms with Crippen LogP contribution in [0.25, 0.3) is 0 Å². The van der Waals surface area contributed by atoms with E-state index in [0.717, 1.165) is 30.5 Å². The van der Waals surface area contributed by atoms with Crippen molar-refractivity contribution >= 4 is 17.5 Å². The zero-order chi connectivity index (χ0) is 22.0. The summed E-state index contributed by atoms with van der Waals surface area (Å²) >= 11 is 0. The summed E-state index contributed by atoms with van der Waals surface area (Å²) in [5, 5.41) is 2.86. The molecule has 31 heavy (non-hydrogen) atoms. The number of carbonyl (C=O) groups is 2. The van der Waals surface area contributed by atoms with Gasteiger partial charge in [0.25, 0.3) is 5.91 Å². The summed E-state index contributed by atoms with van der Waals surface area (Å²) in [7, 11) is 0. The number of alkyl halides is 3. The third kappa shape index (κ3) is 5.44. The van der Waals surface area contributed by atoms with E-state index in [4.69, 9.17) is 0 Å². The second-order valence-electron chi connectivity index (χ2n) is 8.10. The number of hydrogen-bond acceptors (Lipinski definition) is 3. The molecule has 1 aliphatic carbocycles. The zero-order valence-corrected chi connectivity index (χ0v) is 17.0. The van der Waals surface area contributed by atoms with Crippen LogP contribution in [0.3, 0.4) is 0 Å². The molecule has 1 heterocycles. The van der Waals surface area contributed by atoms with E-state index >= 15 is 0 Å². The first kappa shape index (κ1) is 21.4. The van der Waals surface area contributed by atoms with Crippen molar-refractivity contribution in [2.75, 3.05) is 31.5 Å². The molecule has 8 heteroatoms. The molecule has 0 unspecified atom stereocenters. The molecule has 1 N–H and O–H groups in total. The predicted molar refractivity (Wildman–Crippen MR) is 110 cm³/mol. The molecule has 164 valence electrons. The zero-order valence-electron chi connectivity index (χ0n) is 17.0. The van der Waals surface area contributed by atoms with Gasteiger partial charge in [-0.25, -0.2) is 0 Å². The molecule has 5 nitrogen and oxygen atoms in total. The molecule has 2 aromatic rings. The number of nitrogens with one attached hydrogen (secondary N) is 1. The largest absolute Gasteiger partial charge is 0.416 e. The lowest BCUT2D eigenvalue weighted by atomic mass is 10.1. The summed E-state index contributed by atoms with van der Waals surface area (Å²) in [5.74, 6) is 0.0951. The van der Waals surface area contributed by atoms with Gasteiger partial charge in [0.1, 0.15) is 0 Å². The maximum absolute atomic E-state index is 12.8. The van der Waals surface area contributed by atoms with Crippen molar-refractivity contribution in [3.05, 3.63) is 65.2 Å². The van der Waals surface area contributed by atoms with Crippen LogP contribution in [0.15, 0.2) is 48.5 Å². The monoisotopic (exact) mass is 431 g/mol. The van der Waals surface area contributed by atoms with Crippen molar-refractivity contribution < 1.29 is 22.8 Å². The SMILES string of the molecule is O=C(Nc1ccc(C(=O)N2CCN(Cc3ccc(C(F)(F)F)cc3)CC2)cc1)C1CC1. The van der Waals surface area contributed by atoms with Gasteiger partial charge < -0.3 is 10.2 Å². The molecule has 2 aliphatic rings. The molecule has 1 aliphatic heterocycles. The van der Waals surface area contributed by atoms with Crippen molar-refractivity contribution in [2.24, 2.45) is 5.92 Å². The molecular weight excluding hydrogens is 407 g/mol. The Morgan fingerprint density at radius 3 is 2.06 bits per heavy atom. The molecule has 1 saturated heterocycles. The van der Waals surface area contributed by atoms with E-state index in [1.807, 2.05) is 0 Å². The summed E-state index contributed by atoms with van der Waals surface area (Å²) < 4.78 is 38.0. The second kappa shape index (κ2) is 8.70. The normalized spacial score (nSPS) is 17.5. The molecule has 0 atom stereocenters. The van der Waals surface area contributed by atoms with Crippen LogP contribution in [0.5, 0.6) is 0 Å². The topological polar surface area (TPSA) is 52.7 Å². The Labute approximate surface area is 178 Å². The Morgan fingerprint density at radius 1 is 0.903 bits per heavy atom. The van der Waals surface area contributed by atoms with E-state index < -0.39 is 11.7 Å². The Morgan fingerprint density at radius 2 is 1.52 bits per heavy atom. The lowest BCUT2D eigenvalue weighted by Gasteiger charge is -2.34. The number of carbonyl (C=O) groups excluding carboxylic acids is 2. The highest BCUT2D eigenvalue weighted by Crippen LogP contribution is 2.30. The van der Waals surface area contributed by atoms with Gasteiger partial charge in [-0.3, -0.25) is 14.5 Å². The van der Waals surface area contributed by atoms with E-state index in [1.54, 1.807) is 29.2 Å².